The highest BCUT2D eigenvalue weighted by molar-refractivity contribution is 5.74. The molecule has 0 bridgehead atoms. The minimum absolute atomic E-state index is 0.403. The van der Waals surface area contributed by atoms with E-state index in [2.05, 4.69) is 10.1 Å². The third-order valence-electron chi connectivity index (χ3n) is 3.25. The van der Waals surface area contributed by atoms with Crippen LogP contribution in [-0.4, -0.2) is 10.1 Å². The number of rotatable bonds is 2. The quantitative estimate of drug-likeness (QED) is 0.720. The van der Waals surface area contributed by atoms with Gasteiger partial charge in [-0.3, -0.25) is 0 Å². The van der Waals surface area contributed by atoms with Crippen molar-refractivity contribution in [2.24, 2.45) is 0 Å². The lowest BCUT2D eigenvalue weighted by Crippen LogP contribution is -1.95. The maximum absolute atomic E-state index is 6.09. The minimum atomic E-state index is 0.403. The van der Waals surface area contributed by atoms with Crippen LogP contribution in [0.15, 0.2) is 33.4 Å². The zero-order chi connectivity index (χ0) is 14.3. The van der Waals surface area contributed by atoms with Gasteiger partial charge in [-0.05, 0) is 49.6 Å². The number of aromatic nitrogens is 2. The van der Waals surface area contributed by atoms with Crippen LogP contribution in [0.5, 0.6) is 0 Å². The number of aryl methyl sites for hydroxylation is 3. The number of nitrogen functional groups attached to an aromatic ring is 1. The Morgan fingerprint density at radius 1 is 1.10 bits per heavy atom. The lowest BCUT2D eigenvalue weighted by molar-refractivity contribution is 0.429. The summed E-state index contributed by atoms with van der Waals surface area (Å²) < 4.78 is 10.7. The number of benzene rings is 1. The van der Waals surface area contributed by atoms with Crippen LogP contribution in [-0.2, 0) is 0 Å². The normalized spacial score (nSPS) is 10.9. The van der Waals surface area contributed by atoms with Crippen molar-refractivity contribution in [3.8, 4) is 23.0 Å². The maximum Gasteiger partial charge on any atom is 0.260 e. The Labute approximate surface area is 116 Å². The van der Waals surface area contributed by atoms with Gasteiger partial charge >= 0.3 is 0 Å². The van der Waals surface area contributed by atoms with Gasteiger partial charge < -0.3 is 14.7 Å². The molecule has 0 spiro atoms. The summed E-state index contributed by atoms with van der Waals surface area (Å²) in [5.41, 5.74) is 10.6. The molecule has 5 heteroatoms. The van der Waals surface area contributed by atoms with E-state index < -0.39 is 0 Å². The Kier molecular flexibility index (Phi) is 2.82. The van der Waals surface area contributed by atoms with Gasteiger partial charge in [-0.1, -0.05) is 11.2 Å². The molecule has 0 saturated heterocycles. The molecule has 102 valence electrons. The van der Waals surface area contributed by atoms with E-state index in [-0.39, 0.29) is 0 Å². The number of hydrogen-bond donors (Lipinski definition) is 1. The molecule has 1 aromatic carbocycles. The highest BCUT2D eigenvalue weighted by atomic mass is 16.5. The van der Waals surface area contributed by atoms with Crippen molar-refractivity contribution in [2.45, 2.75) is 20.8 Å². The molecule has 0 radical (unpaired) electrons. The number of hydrogen-bond acceptors (Lipinski definition) is 5. The monoisotopic (exact) mass is 269 g/mol. The van der Waals surface area contributed by atoms with Gasteiger partial charge in [0.1, 0.15) is 0 Å². The van der Waals surface area contributed by atoms with Crippen LogP contribution in [0.1, 0.15) is 16.7 Å². The van der Waals surface area contributed by atoms with Crippen LogP contribution in [0.3, 0.4) is 0 Å². The second kappa shape index (κ2) is 4.52. The van der Waals surface area contributed by atoms with Crippen molar-refractivity contribution in [1.29, 1.82) is 0 Å². The zero-order valence-corrected chi connectivity index (χ0v) is 11.6. The first kappa shape index (κ1) is 12.5. The molecule has 0 saturated carbocycles. The van der Waals surface area contributed by atoms with Crippen LogP contribution in [0, 0.1) is 20.8 Å². The number of nitrogens with zero attached hydrogens (tertiary/aromatic N) is 2. The van der Waals surface area contributed by atoms with Gasteiger partial charge in [0.05, 0.1) is 11.8 Å². The molecule has 3 aromatic rings. The third-order valence-corrected chi connectivity index (χ3v) is 3.25. The van der Waals surface area contributed by atoms with Crippen LogP contribution >= 0.6 is 0 Å². The van der Waals surface area contributed by atoms with E-state index in [1.807, 2.05) is 39.0 Å². The van der Waals surface area contributed by atoms with E-state index in [1.165, 1.54) is 0 Å². The van der Waals surface area contributed by atoms with Gasteiger partial charge in [0.25, 0.3) is 5.89 Å². The van der Waals surface area contributed by atoms with Crippen LogP contribution < -0.4 is 5.73 Å². The third kappa shape index (κ3) is 1.97. The summed E-state index contributed by atoms with van der Waals surface area (Å²) in [6.07, 6.45) is 1.60. The number of anilines is 1. The van der Waals surface area contributed by atoms with Crippen LogP contribution in [0.4, 0.5) is 5.69 Å². The van der Waals surface area contributed by atoms with Crippen LogP contribution in [0.2, 0.25) is 0 Å². The Morgan fingerprint density at radius 2 is 1.90 bits per heavy atom. The predicted molar refractivity (Wildman–Crippen MR) is 76.1 cm³/mol. The lowest BCUT2D eigenvalue weighted by atomic mass is 10.0. The van der Waals surface area contributed by atoms with E-state index in [1.54, 1.807) is 6.26 Å². The predicted octanol–water partition coefficient (Wildman–Crippen LogP) is 3.50. The first-order valence-corrected chi connectivity index (χ1v) is 6.31. The summed E-state index contributed by atoms with van der Waals surface area (Å²) in [4.78, 5) is 4.38. The largest absolute Gasteiger partial charge is 0.461 e. The molecule has 0 fully saturated rings. The highest BCUT2D eigenvalue weighted by Gasteiger charge is 2.17. The van der Waals surface area contributed by atoms with Crippen molar-refractivity contribution in [1.82, 2.24) is 10.1 Å². The lowest BCUT2D eigenvalue weighted by Gasteiger charge is -2.06. The van der Waals surface area contributed by atoms with Gasteiger partial charge in [-0.15, -0.1) is 0 Å². The summed E-state index contributed by atoms with van der Waals surface area (Å²) in [5, 5.41) is 3.96. The van der Waals surface area contributed by atoms with Crippen molar-refractivity contribution in [2.75, 3.05) is 5.73 Å². The molecular weight excluding hydrogens is 254 g/mol. The molecule has 0 unspecified atom stereocenters. The van der Waals surface area contributed by atoms with Gasteiger partial charge in [-0.25, -0.2) is 0 Å². The summed E-state index contributed by atoms with van der Waals surface area (Å²) in [6, 6.07) is 5.82. The summed E-state index contributed by atoms with van der Waals surface area (Å²) in [5.74, 6) is 1.45. The van der Waals surface area contributed by atoms with E-state index in [9.17, 15) is 0 Å². The fourth-order valence-corrected chi connectivity index (χ4v) is 2.18. The molecule has 2 heterocycles. The number of furan rings is 1. The van der Waals surface area contributed by atoms with E-state index in [0.29, 0.717) is 23.2 Å². The Balaban J connectivity index is 2.09. The smallest absolute Gasteiger partial charge is 0.260 e. The topological polar surface area (TPSA) is 78.1 Å². The van der Waals surface area contributed by atoms with Crippen LogP contribution in [0.25, 0.3) is 23.0 Å². The Hall–Kier alpha value is -2.56. The summed E-state index contributed by atoms with van der Waals surface area (Å²) in [6.45, 7) is 5.89. The number of nitrogens with two attached hydrogens (primary N) is 1. The first-order valence-electron chi connectivity index (χ1n) is 6.31. The van der Waals surface area contributed by atoms with E-state index >= 15 is 0 Å². The standard InChI is InChI=1S/C15H15N3O2/c1-8-6-10(3)12(16)11(7-8)15-17-14(18-20-15)13-9(2)4-5-19-13/h4-7H,16H2,1-3H3. The SMILES string of the molecule is Cc1cc(C)c(N)c(-c2nc(-c3occc3C)no2)c1. The first-order chi connectivity index (χ1) is 9.56. The average molecular weight is 269 g/mol. The van der Waals surface area contributed by atoms with E-state index in [4.69, 9.17) is 14.7 Å². The van der Waals surface area contributed by atoms with E-state index in [0.717, 1.165) is 22.3 Å². The highest BCUT2D eigenvalue weighted by Crippen LogP contribution is 2.30. The van der Waals surface area contributed by atoms with Gasteiger partial charge in [-0.2, -0.15) is 4.98 Å². The van der Waals surface area contributed by atoms with Crippen molar-refractivity contribution in [3.05, 3.63) is 41.2 Å². The average Bonchev–Trinajstić information content (AvgIpc) is 3.02. The zero-order valence-electron chi connectivity index (χ0n) is 11.6. The molecule has 3 rings (SSSR count). The second-order valence-corrected chi connectivity index (χ2v) is 4.90. The molecule has 0 atom stereocenters. The van der Waals surface area contributed by atoms with Gasteiger partial charge in [0.15, 0.2) is 5.76 Å². The molecule has 0 aliphatic rings. The molecule has 5 nitrogen and oxygen atoms in total. The molecular formula is C15H15N3O2. The fourth-order valence-electron chi connectivity index (χ4n) is 2.18. The molecule has 0 aliphatic carbocycles. The molecule has 0 aliphatic heterocycles. The van der Waals surface area contributed by atoms with Gasteiger partial charge in [0, 0.05) is 5.69 Å². The van der Waals surface area contributed by atoms with Crippen molar-refractivity contribution < 1.29 is 8.94 Å². The minimum Gasteiger partial charge on any atom is -0.461 e. The maximum atomic E-state index is 6.09. The molecule has 0 amide bonds. The molecule has 20 heavy (non-hydrogen) atoms. The molecule has 2 N–H and O–H groups in total. The fraction of sp³-hybridized carbons (Fsp3) is 0.200. The Morgan fingerprint density at radius 3 is 2.60 bits per heavy atom. The summed E-state index contributed by atoms with van der Waals surface area (Å²) >= 11 is 0. The summed E-state index contributed by atoms with van der Waals surface area (Å²) in [7, 11) is 0. The van der Waals surface area contributed by atoms with Crippen molar-refractivity contribution >= 4 is 5.69 Å². The van der Waals surface area contributed by atoms with Gasteiger partial charge in [0.2, 0.25) is 5.82 Å². The van der Waals surface area contributed by atoms with Crippen molar-refractivity contribution in [3.63, 3.8) is 0 Å². The second-order valence-electron chi connectivity index (χ2n) is 4.90. The molecule has 2 aromatic heterocycles. The Bertz CT molecular complexity index is 771.